The number of halogens is 1. The van der Waals surface area contributed by atoms with E-state index in [-0.39, 0.29) is 11.9 Å². The van der Waals surface area contributed by atoms with Gasteiger partial charge in [0.1, 0.15) is 11.5 Å². The minimum absolute atomic E-state index is 0.241. The van der Waals surface area contributed by atoms with Crippen molar-refractivity contribution in [3.05, 3.63) is 84.2 Å². The van der Waals surface area contributed by atoms with Crippen LogP contribution in [-0.4, -0.2) is 31.3 Å². The van der Waals surface area contributed by atoms with Crippen LogP contribution in [0.3, 0.4) is 0 Å². The molecule has 1 aliphatic heterocycles. The molecule has 0 amide bonds. The van der Waals surface area contributed by atoms with E-state index < -0.39 is 0 Å². The molecule has 6 heteroatoms. The maximum atomic E-state index is 13.6. The number of pyridine rings is 2. The molecule has 0 N–H and O–H groups in total. The molecule has 0 spiro atoms. The van der Waals surface area contributed by atoms with Crippen molar-refractivity contribution in [2.24, 2.45) is 0 Å². The van der Waals surface area contributed by atoms with Crippen molar-refractivity contribution in [1.82, 2.24) is 24.7 Å². The predicted octanol–water partition coefficient (Wildman–Crippen LogP) is 4.27. The molecule has 0 unspecified atom stereocenters. The molecule has 0 bridgehead atoms. The van der Waals surface area contributed by atoms with E-state index in [4.69, 9.17) is 0 Å². The fraction of sp³-hybridized carbons (Fsp3) is 0.227. The lowest BCUT2D eigenvalue weighted by Crippen LogP contribution is -2.23. The van der Waals surface area contributed by atoms with Gasteiger partial charge >= 0.3 is 0 Å². The molecule has 0 aliphatic carbocycles. The normalized spacial score (nSPS) is 17.4. The van der Waals surface area contributed by atoms with Crippen molar-refractivity contribution < 1.29 is 4.39 Å². The monoisotopic (exact) mass is 373 g/mol. The minimum atomic E-state index is -0.241. The predicted molar refractivity (Wildman–Crippen MR) is 105 cm³/mol. The quantitative estimate of drug-likeness (QED) is 0.536. The van der Waals surface area contributed by atoms with Crippen LogP contribution in [0.25, 0.3) is 16.6 Å². The fourth-order valence-corrected chi connectivity index (χ4v) is 4.04. The van der Waals surface area contributed by atoms with E-state index in [1.807, 2.05) is 36.8 Å². The lowest BCUT2D eigenvalue weighted by molar-refractivity contribution is 0.245. The number of nitrogens with zero attached hydrogens (tertiary/aromatic N) is 5. The Morgan fingerprint density at radius 2 is 1.93 bits per heavy atom. The van der Waals surface area contributed by atoms with Crippen molar-refractivity contribution in [3.63, 3.8) is 0 Å². The van der Waals surface area contributed by atoms with Crippen LogP contribution >= 0.6 is 0 Å². The molecule has 3 aromatic heterocycles. The Balaban J connectivity index is 1.46. The summed E-state index contributed by atoms with van der Waals surface area (Å²) in [5.74, 6) is -0.241. The van der Waals surface area contributed by atoms with Crippen LogP contribution in [0.1, 0.15) is 30.1 Å². The number of fused-ring (bicyclic) bond motifs is 1. The first-order chi connectivity index (χ1) is 13.8. The zero-order valence-corrected chi connectivity index (χ0v) is 15.4. The van der Waals surface area contributed by atoms with Gasteiger partial charge in [0.25, 0.3) is 0 Å². The lowest BCUT2D eigenvalue weighted by atomic mass is 10.1. The largest absolute Gasteiger partial charge is 0.290 e. The van der Waals surface area contributed by atoms with Crippen LogP contribution in [-0.2, 0) is 6.54 Å². The molecule has 1 atom stereocenters. The van der Waals surface area contributed by atoms with Crippen LogP contribution in [0.2, 0.25) is 0 Å². The standard InChI is InChI=1S/C22H20FN5/c23-19-4-1-3-17(13-19)18-6-7-21-22(25-26-28(21)15-18)20-5-2-12-27(20)14-16-8-10-24-11-9-16/h1,3-4,6-11,13,15,20H,2,5,12,14H2/t20-/m1/s1. The van der Waals surface area contributed by atoms with Gasteiger partial charge in [0, 0.05) is 30.7 Å². The van der Waals surface area contributed by atoms with Gasteiger partial charge in [0.05, 0.1) is 11.6 Å². The van der Waals surface area contributed by atoms with E-state index in [9.17, 15) is 4.39 Å². The van der Waals surface area contributed by atoms with Crippen molar-refractivity contribution in [3.8, 4) is 11.1 Å². The summed E-state index contributed by atoms with van der Waals surface area (Å²) in [6.07, 6.45) is 7.81. The average Bonchev–Trinajstić information content (AvgIpc) is 3.34. The van der Waals surface area contributed by atoms with E-state index in [2.05, 4.69) is 32.3 Å². The number of benzene rings is 1. The summed E-state index contributed by atoms with van der Waals surface area (Å²) in [4.78, 5) is 6.56. The summed E-state index contributed by atoms with van der Waals surface area (Å²) < 4.78 is 15.4. The molecule has 1 fully saturated rings. The number of aromatic nitrogens is 4. The molecule has 140 valence electrons. The summed E-state index contributed by atoms with van der Waals surface area (Å²) in [6, 6.07) is 15.0. The Hall–Kier alpha value is -3.12. The zero-order chi connectivity index (χ0) is 18.9. The van der Waals surface area contributed by atoms with Gasteiger partial charge in [0.15, 0.2) is 0 Å². The van der Waals surface area contributed by atoms with Crippen molar-refractivity contribution >= 4 is 5.52 Å². The van der Waals surface area contributed by atoms with Crippen LogP contribution in [0.4, 0.5) is 4.39 Å². The number of hydrogen-bond donors (Lipinski definition) is 0. The zero-order valence-electron chi connectivity index (χ0n) is 15.4. The van der Waals surface area contributed by atoms with Gasteiger partial charge in [-0.25, -0.2) is 8.91 Å². The summed E-state index contributed by atoms with van der Waals surface area (Å²) in [5, 5.41) is 8.86. The van der Waals surface area contributed by atoms with Gasteiger partial charge in [0.2, 0.25) is 0 Å². The highest BCUT2D eigenvalue weighted by Crippen LogP contribution is 2.34. The Bertz CT molecular complexity index is 1110. The SMILES string of the molecule is Fc1cccc(-c2ccc3c([C@H]4CCCN4Cc4ccncc4)nnn3c2)c1. The van der Waals surface area contributed by atoms with Crippen molar-refractivity contribution in [2.45, 2.75) is 25.4 Å². The highest BCUT2D eigenvalue weighted by Gasteiger charge is 2.29. The van der Waals surface area contributed by atoms with Gasteiger partial charge in [-0.2, -0.15) is 0 Å². The topological polar surface area (TPSA) is 46.3 Å². The summed E-state index contributed by atoms with van der Waals surface area (Å²) in [5.41, 5.74) is 5.03. The molecule has 1 aliphatic rings. The first-order valence-corrected chi connectivity index (χ1v) is 9.52. The average molecular weight is 373 g/mol. The third-order valence-corrected chi connectivity index (χ3v) is 5.41. The molecule has 5 nitrogen and oxygen atoms in total. The molecule has 1 aromatic carbocycles. The van der Waals surface area contributed by atoms with Gasteiger partial charge < -0.3 is 0 Å². The first-order valence-electron chi connectivity index (χ1n) is 9.52. The Morgan fingerprint density at radius 1 is 1.04 bits per heavy atom. The summed E-state index contributed by atoms with van der Waals surface area (Å²) in [6.45, 7) is 1.93. The van der Waals surface area contributed by atoms with Crippen LogP contribution in [0.15, 0.2) is 67.1 Å². The lowest BCUT2D eigenvalue weighted by Gasteiger charge is -2.23. The van der Waals surface area contributed by atoms with E-state index in [0.29, 0.717) is 0 Å². The molecule has 1 saturated heterocycles. The molecular formula is C22H20FN5. The van der Waals surface area contributed by atoms with Crippen LogP contribution < -0.4 is 0 Å². The second-order valence-corrected chi connectivity index (χ2v) is 7.22. The maximum Gasteiger partial charge on any atom is 0.123 e. The van der Waals surface area contributed by atoms with Crippen molar-refractivity contribution in [1.29, 1.82) is 0 Å². The van der Waals surface area contributed by atoms with Gasteiger partial charge in [-0.15, -0.1) is 5.10 Å². The number of hydrogen-bond acceptors (Lipinski definition) is 4. The van der Waals surface area contributed by atoms with E-state index in [0.717, 1.165) is 48.3 Å². The molecule has 4 aromatic rings. The fourth-order valence-electron chi connectivity index (χ4n) is 4.04. The number of rotatable bonds is 4. The second-order valence-electron chi connectivity index (χ2n) is 7.22. The third-order valence-electron chi connectivity index (χ3n) is 5.41. The molecular weight excluding hydrogens is 353 g/mol. The van der Waals surface area contributed by atoms with Gasteiger partial charge in [-0.05, 0) is 60.8 Å². The summed E-state index contributed by atoms with van der Waals surface area (Å²) >= 11 is 0. The van der Waals surface area contributed by atoms with Gasteiger partial charge in [-0.1, -0.05) is 23.4 Å². The molecule has 28 heavy (non-hydrogen) atoms. The highest BCUT2D eigenvalue weighted by atomic mass is 19.1. The van der Waals surface area contributed by atoms with E-state index in [1.165, 1.54) is 17.7 Å². The van der Waals surface area contributed by atoms with Crippen LogP contribution in [0.5, 0.6) is 0 Å². The first kappa shape index (κ1) is 17.0. The third kappa shape index (κ3) is 3.16. The van der Waals surface area contributed by atoms with Crippen LogP contribution in [0, 0.1) is 5.82 Å². The number of likely N-dealkylation sites (tertiary alicyclic amines) is 1. The smallest absolute Gasteiger partial charge is 0.123 e. The maximum absolute atomic E-state index is 13.6. The van der Waals surface area contributed by atoms with Crippen molar-refractivity contribution in [2.75, 3.05) is 6.54 Å². The Morgan fingerprint density at radius 3 is 2.79 bits per heavy atom. The minimum Gasteiger partial charge on any atom is -0.290 e. The van der Waals surface area contributed by atoms with E-state index >= 15 is 0 Å². The Kier molecular flexibility index (Phi) is 4.33. The Labute approximate surface area is 162 Å². The molecule has 4 heterocycles. The highest BCUT2D eigenvalue weighted by molar-refractivity contribution is 5.66. The molecule has 0 radical (unpaired) electrons. The molecule has 0 saturated carbocycles. The molecule has 5 rings (SSSR count). The van der Waals surface area contributed by atoms with E-state index in [1.54, 1.807) is 10.6 Å². The second kappa shape index (κ2) is 7.13. The van der Waals surface area contributed by atoms with Gasteiger partial charge in [-0.3, -0.25) is 9.88 Å². The summed E-state index contributed by atoms with van der Waals surface area (Å²) in [7, 11) is 0.